The second-order valence-corrected chi connectivity index (χ2v) is 5.43. The predicted octanol–water partition coefficient (Wildman–Crippen LogP) is 2.13. The highest BCUT2D eigenvalue weighted by molar-refractivity contribution is 7.12. The summed E-state index contributed by atoms with van der Waals surface area (Å²) in [6.45, 7) is 5.61. The van der Waals surface area contributed by atoms with Crippen molar-refractivity contribution in [2.75, 3.05) is 13.1 Å². The normalized spacial score (nSPS) is 19.9. The van der Waals surface area contributed by atoms with E-state index >= 15 is 0 Å². The van der Waals surface area contributed by atoms with Crippen LogP contribution in [0.5, 0.6) is 0 Å². The predicted molar refractivity (Wildman–Crippen MR) is 60.2 cm³/mol. The van der Waals surface area contributed by atoms with Crippen molar-refractivity contribution in [3.63, 3.8) is 0 Å². The zero-order valence-electron chi connectivity index (χ0n) is 8.93. The van der Waals surface area contributed by atoms with E-state index in [0.29, 0.717) is 19.1 Å². The molecule has 0 amide bonds. The van der Waals surface area contributed by atoms with Crippen LogP contribution in [0.25, 0.3) is 0 Å². The third kappa shape index (κ3) is 2.06. The van der Waals surface area contributed by atoms with E-state index in [9.17, 15) is 4.79 Å². The molecular weight excluding hydrogens is 210 g/mol. The number of thiophene rings is 1. The van der Waals surface area contributed by atoms with Crippen LogP contribution in [0.15, 0.2) is 12.1 Å². The molecule has 1 aliphatic heterocycles. The van der Waals surface area contributed by atoms with Gasteiger partial charge in [0.1, 0.15) is 0 Å². The van der Waals surface area contributed by atoms with Crippen molar-refractivity contribution in [2.45, 2.75) is 19.9 Å². The number of rotatable bonds is 3. The second kappa shape index (κ2) is 3.94. The van der Waals surface area contributed by atoms with Crippen LogP contribution in [0.2, 0.25) is 0 Å². The Labute approximate surface area is 93.3 Å². The van der Waals surface area contributed by atoms with Crippen LogP contribution >= 0.6 is 11.3 Å². The average Bonchev–Trinajstić information content (AvgIpc) is 2.48. The molecule has 1 N–H and O–H groups in total. The maximum atomic E-state index is 10.7. The maximum absolute atomic E-state index is 10.7. The summed E-state index contributed by atoms with van der Waals surface area (Å²) in [6, 6.07) is 4.61. The third-order valence-corrected chi connectivity index (χ3v) is 4.15. The third-order valence-electron chi connectivity index (χ3n) is 2.98. The van der Waals surface area contributed by atoms with E-state index in [-0.39, 0.29) is 5.92 Å². The minimum absolute atomic E-state index is 0.159. The van der Waals surface area contributed by atoms with Gasteiger partial charge in [0, 0.05) is 28.9 Å². The Morgan fingerprint density at radius 3 is 2.73 bits per heavy atom. The molecule has 1 aromatic rings. The molecule has 82 valence electrons. The molecule has 0 radical (unpaired) electrons. The van der Waals surface area contributed by atoms with Gasteiger partial charge in [-0.3, -0.25) is 9.69 Å². The first-order valence-corrected chi connectivity index (χ1v) is 5.93. The lowest BCUT2D eigenvalue weighted by Crippen LogP contribution is -2.50. The van der Waals surface area contributed by atoms with Gasteiger partial charge in [0.05, 0.1) is 5.92 Å². The number of nitrogens with zero attached hydrogens (tertiary/aromatic N) is 1. The number of aryl methyl sites for hydroxylation is 1. The van der Waals surface area contributed by atoms with E-state index in [4.69, 9.17) is 5.11 Å². The average molecular weight is 225 g/mol. The Balaban J connectivity index is 1.94. The van der Waals surface area contributed by atoms with Crippen molar-refractivity contribution in [1.29, 1.82) is 0 Å². The molecule has 0 saturated carbocycles. The van der Waals surface area contributed by atoms with Gasteiger partial charge in [0.15, 0.2) is 0 Å². The van der Waals surface area contributed by atoms with Gasteiger partial charge >= 0.3 is 5.97 Å². The van der Waals surface area contributed by atoms with Crippen molar-refractivity contribution in [3.05, 3.63) is 21.9 Å². The molecule has 2 rings (SSSR count). The zero-order valence-corrected chi connectivity index (χ0v) is 9.75. The van der Waals surface area contributed by atoms with E-state index in [1.54, 1.807) is 11.3 Å². The van der Waals surface area contributed by atoms with E-state index in [2.05, 4.69) is 30.9 Å². The van der Waals surface area contributed by atoms with Gasteiger partial charge in [-0.05, 0) is 26.0 Å². The summed E-state index contributed by atoms with van der Waals surface area (Å²) in [6.07, 6.45) is 0. The Bertz CT molecular complexity index is 368. The minimum atomic E-state index is -0.666. The molecule has 1 aliphatic rings. The zero-order chi connectivity index (χ0) is 11.0. The fourth-order valence-corrected chi connectivity index (χ4v) is 2.81. The van der Waals surface area contributed by atoms with Crippen molar-refractivity contribution in [1.82, 2.24) is 4.90 Å². The number of carbonyl (C=O) groups is 1. The number of hydrogen-bond donors (Lipinski definition) is 1. The van der Waals surface area contributed by atoms with Crippen molar-refractivity contribution in [2.24, 2.45) is 5.92 Å². The first-order chi connectivity index (χ1) is 7.08. The van der Waals surface area contributed by atoms with Gasteiger partial charge < -0.3 is 5.11 Å². The van der Waals surface area contributed by atoms with E-state index < -0.39 is 5.97 Å². The largest absolute Gasteiger partial charge is 0.481 e. The molecule has 15 heavy (non-hydrogen) atoms. The Morgan fingerprint density at radius 1 is 1.60 bits per heavy atom. The molecule has 1 aromatic heterocycles. The summed E-state index contributed by atoms with van der Waals surface area (Å²) in [7, 11) is 0. The molecule has 0 aromatic carbocycles. The topological polar surface area (TPSA) is 40.5 Å². The van der Waals surface area contributed by atoms with Crippen LogP contribution in [-0.4, -0.2) is 29.1 Å². The smallest absolute Gasteiger partial charge is 0.309 e. The summed E-state index contributed by atoms with van der Waals surface area (Å²) in [4.78, 5) is 15.5. The number of likely N-dealkylation sites (tertiary alicyclic amines) is 1. The molecular formula is C11H15NO2S. The molecule has 3 nitrogen and oxygen atoms in total. The Hall–Kier alpha value is -0.870. The first-order valence-electron chi connectivity index (χ1n) is 5.11. The van der Waals surface area contributed by atoms with Gasteiger partial charge in [-0.15, -0.1) is 11.3 Å². The monoisotopic (exact) mass is 225 g/mol. The summed E-state index contributed by atoms with van der Waals surface area (Å²) >= 11 is 1.79. The van der Waals surface area contributed by atoms with E-state index in [0.717, 1.165) is 0 Å². The fourth-order valence-electron chi connectivity index (χ4n) is 1.84. The van der Waals surface area contributed by atoms with Crippen LogP contribution in [0, 0.1) is 12.8 Å². The summed E-state index contributed by atoms with van der Waals surface area (Å²) in [5, 5.41) is 8.78. The van der Waals surface area contributed by atoms with Gasteiger partial charge in [0.25, 0.3) is 0 Å². The maximum Gasteiger partial charge on any atom is 0.309 e. The number of hydrogen-bond acceptors (Lipinski definition) is 3. The van der Waals surface area contributed by atoms with Crippen LogP contribution in [0.4, 0.5) is 0 Å². The fraction of sp³-hybridized carbons (Fsp3) is 0.545. The van der Waals surface area contributed by atoms with Gasteiger partial charge in [-0.2, -0.15) is 0 Å². The quantitative estimate of drug-likeness (QED) is 0.856. The lowest BCUT2D eigenvalue weighted by molar-refractivity contribution is -0.148. The SMILES string of the molecule is Cc1ccc(C(C)N2CC(C(=O)O)C2)s1. The van der Waals surface area contributed by atoms with Gasteiger partial charge in [0.2, 0.25) is 0 Å². The van der Waals surface area contributed by atoms with Crippen molar-refractivity contribution >= 4 is 17.3 Å². The number of carboxylic acid groups (broad SMARTS) is 1. The highest BCUT2D eigenvalue weighted by Crippen LogP contribution is 2.32. The summed E-state index contributed by atoms with van der Waals surface area (Å²) < 4.78 is 0. The number of aliphatic carboxylic acids is 1. The molecule has 2 heterocycles. The highest BCUT2D eigenvalue weighted by Gasteiger charge is 2.35. The number of carboxylic acids is 1. The van der Waals surface area contributed by atoms with Crippen molar-refractivity contribution < 1.29 is 9.90 Å². The lowest BCUT2D eigenvalue weighted by atomic mass is 9.98. The molecule has 0 bridgehead atoms. The first kappa shape index (κ1) is 10.6. The van der Waals surface area contributed by atoms with Crippen LogP contribution in [0.3, 0.4) is 0 Å². The summed E-state index contributed by atoms with van der Waals surface area (Å²) in [5.74, 6) is -0.825. The molecule has 0 aliphatic carbocycles. The molecule has 1 fully saturated rings. The lowest BCUT2D eigenvalue weighted by Gasteiger charge is -2.40. The molecule has 1 unspecified atom stereocenters. The van der Waals surface area contributed by atoms with E-state index in [1.165, 1.54) is 9.75 Å². The highest BCUT2D eigenvalue weighted by atomic mass is 32.1. The van der Waals surface area contributed by atoms with Gasteiger partial charge in [-0.1, -0.05) is 0 Å². The molecule has 0 spiro atoms. The van der Waals surface area contributed by atoms with Gasteiger partial charge in [-0.25, -0.2) is 0 Å². The standard InChI is InChI=1S/C11H15NO2S/c1-7-3-4-10(15-7)8(2)12-5-9(6-12)11(13)14/h3-4,8-9H,5-6H2,1-2H3,(H,13,14). The summed E-state index contributed by atoms with van der Waals surface area (Å²) in [5.41, 5.74) is 0. The second-order valence-electron chi connectivity index (χ2n) is 4.11. The Kier molecular flexibility index (Phi) is 2.80. The molecule has 1 atom stereocenters. The van der Waals surface area contributed by atoms with Crippen LogP contribution < -0.4 is 0 Å². The van der Waals surface area contributed by atoms with Crippen LogP contribution in [0.1, 0.15) is 22.7 Å². The van der Waals surface area contributed by atoms with Crippen LogP contribution in [-0.2, 0) is 4.79 Å². The minimum Gasteiger partial charge on any atom is -0.481 e. The molecule has 4 heteroatoms. The Morgan fingerprint density at radius 2 is 2.27 bits per heavy atom. The van der Waals surface area contributed by atoms with Crippen molar-refractivity contribution in [3.8, 4) is 0 Å². The molecule has 1 saturated heterocycles. The van der Waals surface area contributed by atoms with E-state index in [1.807, 2.05) is 0 Å².